The number of fused-ring (bicyclic) bond motifs is 2. The molecule has 8 heterocycles. The number of carbonyl (C=O) groups is 1. The lowest BCUT2D eigenvalue weighted by atomic mass is 10.0. The van der Waals surface area contributed by atoms with E-state index >= 15 is 0 Å². The van der Waals surface area contributed by atoms with Gasteiger partial charge in [0.2, 0.25) is 0 Å². The SMILES string of the molecule is Cc1cccc(C)c1CNc1c2c3c(N4CCC4)n4c5c(nc14)C1(OP(=O)(OC3=O)O2)OP(=O)(OC5)O1. The molecule has 2 fully saturated rings. The number of aromatic nitrogens is 2. The fraction of sp³-hybridized carbons (Fsp3) is 0.364. The average Bonchev–Trinajstić information content (AvgIpc) is 3.06. The van der Waals surface area contributed by atoms with Gasteiger partial charge in [0.1, 0.15) is 23.7 Å². The summed E-state index contributed by atoms with van der Waals surface area (Å²) in [6.07, 6.45) is 0.916. The molecule has 0 amide bonds. The number of benzene rings is 1. The van der Waals surface area contributed by atoms with Gasteiger partial charge in [0.25, 0.3) is 0 Å². The van der Waals surface area contributed by atoms with Gasteiger partial charge in [-0.2, -0.15) is 0 Å². The topological polar surface area (TPSA) is 139 Å². The van der Waals surface area contributed by atoms with Crippen LogP contribution in [0.1, 0.15) is 44.9 Å². The fourth-order valence-corrected chi connectivity index (χ4v) is 7.98. The molecule has 15 heteroatoms. The van der Waals surface area contributed by atoms with Gasteiger partial charge < -0.3 is 19.3 Å². The molecular weight excluding hydrogens is 526 g/mol. The molecule has 6 bridgehead atoms. The van der Waals surface area contributed by atoms with Gasteiger partial charge in [-0.25, -0.2) is 32.5 Å². The average molecular weight is 546 g/mol. The van der Waals surface area contributed by atoms with Crippen molar-refractivity contribution < 1.29 is 41.1 Å². The number of hydrogen-bond acceptors (Lipinski definition) is 12. The van der Waals surface area contributed by atoms with Crippen LogP contribution in [0.2, 0.25) is 0 Å². The number of phosphoric ester groups is 2. The molecule has 6 aliphatic rings. The lowest BCUT2D eigenvalue weighted by Gasteiger charge is -2.42. The highest BCUT2D eigenvalue weighted by molar-refractivity contribution is 7.51. The summed E-state index contributed by atoms with van der Waals surface area (Å²) in [5.74, 6) is -2.71. The second-order valence-corrected chi connectivity index (χ2v) is 12.5. The smallest absolute Gasteiger partial charge is 0.391 e. The Balaban J connectivity index is 1.44. The van der Waals surface area contributed by atoms with Crippen LogP contribution < -0.4 is 14.7 Å². The largest absolute Gasteiger partial charge is 0.594 e. The molecule has 1 atom stereocenters. The number of aryl methyl sites for hydroxylation is 2. The number of phosphoric acid groups is 2. The second-order valence-electron chi connectivity index (χ2n) is 9.50. The third-order valence-electron chi connectivity index (χ3n) is 7.28. The predicted molar refractivity (Wildman–Crippen MR) is 126 cm³/mol. The van der Waals surface area contributed by atoms with Crippen molar-refractivity contribution in [3.8, 4) is 5.75 Å². The highest BCUT2D eigenvalue weighted by atomic mass is 31.2. The van der Waals surface area contributed by atoms with Gasteiger partial charge in [0.15, 0.2) is 17.1 Å². The van der Waals surface area contributed by atoms with E-state index in [1.54, 1.807) is 4.40 Å². The van der Waals surface area contributed by atoms with Gasteiger partial charge in [-0.3, -0.25) is 8.92 Å². The van der Waals surface area contributed by atoms with Crippen molar-refractivity contribution >= 4 is 38.8 Å². The molecule has 1 unspecified atom stereocenters. The molecule has 3 aromatic rings. The maximum absolute atomic E-state index is 13.7. The monoisotopic (exact) mass is 546 g/mol. The van der Waals surface area contributed by atoms with Crippen molar-refractivity contribution in [3.05, 3.63) is 51.8 Å². The van der Waals surface area contributed by atoms with Gasteiger partial charge in [-0.05, 0) is 37.0 Å². The number of imidazole rings is 1. The van der Waals surface area contributed by atoms with E-state index in [-0.39, 0.29) is 23.6 Å². The Morgan fingerprint density at radius 2 is 1.81 bits per heavy atom. The number of nitrogens with one attached hydrogen (secondary N) is 1. The van der Waals surface area contributed by atoms with Crippen LogP contribution in [0.4, 0.5) is 11.5 Å². The summed E-state index contributed by atoms with van der Waals surface area (Å²) in [6, 6.07) is 6.00. The maximum Gasteiger partial charge on any atom is 0.594 e. The third kappa shape index (κ3) is 2.84. The van der Waals surface area contributed by atoms with E-state index in [2.05, 4.69) is 5.32 Å². The first-order chi connectivity index (χ1) is 17.7. The van der Waals surface area contributed by atoms with Crippen molar-refractivity contribution in [2.75, 3.05) is 23.3 Å². The zero-order chi connectivity index (χ0) is 25.3. The molecule has 1 spiro atoms. The molecular formula is C22H20N4O9P2. The van der Waals surface area contributed by atoms with E-state index in [1.165, 1.54) is 0 Å². The maximum atomic E-state index is 13.7. The molecule has 37 heavy (non-hydrogen) atoms. The molecule has 0 saturated carbocycles. The summed E-state index contributed by atoms with van der Waals surface area (Å²) in [5.41, 5.74) is 4.45. The van der Waals surface area contributed by atoms with Gasteiger partial charge >= 0.3 is 27.6 Å². The Morgan fingerprint density at radius 3 is 2.51 bits per heavy atom. The summed E-state index contributed by atoms with van der Waals surface area (Å²) in [5, 5.41) is 3.36. The van der Waals surface area contributed by atoms with E-state index in [9.17, 15) is 13.9 Å². The van der Waals surface area contributed by atoms with Crippen molar-refractivity contribution in [1.29, 1.82) is 0 Å². The number of carbonyl (C=O) groups excluding carboxylic acids is 1. The minimum absolute atomic E-state index is 0.00282. The number of nitrogens with zero attached hydrogens (tertiary/aromatic N) is 3. The summed E-state index contributed by atoms with van der Waals surface area (Å²) < 4.78 is 61.1. The second kappa shape index (κ2) is 6.93. The Morgan fingerprint density at radius 1 is 1.08 bits per heavy atom. The van der Waals surface area contributed by atoms with Crippen molar-refractivity contribution in [1.82, 2.24) is 9.38 Å². The first-order valence-electron chi connectivity index (χ1n) is 11.8. The van der Waals surface area contributed by atoms with Crippen LogP contribution in [0.3, 0.4) is 0 Å². The van der Waals surface area contributed by atoms with Crippen molar-refractivity contribution in [2.24, 2.45) is 0 Å². The molecule has 0 radical (unpaired) electrons. The third-order valence-corrected chi connectivity index (χ3v) is 9.91. The van der Waals surface area contributed by atoms with Crippen LogP contribution in [0.25, 0.3) is 5.65 Å². The van der Waals surface area contributed by atoms with E-state index in [4.69, 9.17) is 32.1 Å². The Bertz CT molecular complexity index is 1650. The number of rotatable bonds is 4. The fourth-order valence-electron chi connectivity index (χ4n) is 5.35. The quantitative estimate of drug-likeness (QED) is 0.468. The standard InChI is InChI=1S/C22H20N4O9P2/c1-11-5-3-6-12(2)13(11)9-23-16-17-15-20(25-7-4-8-25)26-14-10-30-36(28)33-22(34-36,18(14)24-19(16)26)35-37(29,31-17)32-21(15)27/h3,5-6,23H,4,7-10H2,1-2H3. The van der Waals surface area contributed by atoms with Crippen LogP contribution in [0.15, 0.2) is 18.2 Å². The molecule has 192 valence electrons. The molecule has 1 N–H and O–H groups in total. The highest BCUT2D eigenvalue weighted by Gasteiger charge is 2.70. The number of anilines is 2. The lowest BCUT2D eigenvalue weighted by Crippen LogP contribution is -2.43. The summed E-state index contributed by atoms with van der Waals surface area (Å²) in [4.78, 5) is 20.2. The zero-order valence-electron chi connectivity index (χ0n) is 19.7. The van der Waals surface area contributed by atoms with Crippen LogP contribution in [-0.4, -0.2) is 28.4 Å². The molecule has 13 nitrogen and oxygen atoms in total. The van der Waals surface area contributed by atoms with E-state index in [1.807, 2.05) is 36.9 Å². The molecule has 2 aromatic heterocycles. The zero-order valence-corrected chi connectivity index (χ0v) is 21.5. The van der Waals surface area contributed by atoms with Gasteiger partial charge in [-0.15, -0.1) is 0 Å². The summed E-state index contributed by atoms with van der Waals surface area (Å²) in [6.45, 7) is 5.53. The first-order valence-corrected chi connectivity index (χ1v) is 14.7. The van der Waals surface area contributed by atoms with E-state index in [0.717, 1.165) is 23.1 Å². The van der Waals surface area contributed by atoms with Crippen LogP contribution in [0, 0.1) is 13.8 Å². The number of hydrogen-bond donors (Lipinski definition) is 1. The van der Waals surface area contributed by atoms with Crippen molar-refractivity contribution in [2.45, 2.75) is 39.4 Å². The van der Waals surface area contributed by atoms with Gasteiger partial charge in [-0.1, -0.05) is 18.2 Å². The molecule has 0 aliphatic carbocycles. The van der Waals surface area contributed by atoms with E-state index in [0.29, 0.717) is 42.5 Å². The Labute approximate surface area is 209 Å². The normalized spacial score (nSPS) is 30.6. The van der Waals surface area contributed by atoms with Crippen LogP contribution in [0.5, 0.6) is 5.75 Å². The van der Waals surface area contributed by atoms with Crippen LogP contribution >= 0.6 is 15.6 Å². The lowest BCUT2D eigenvalue weighted by molar-refractivity contribution is -0.346. The molecule has 9 rings (SSSR count). The first kappa shape index (κ1) is 22.1. The number of pyridine rings is 1. The van der Waals surface area contributed by atoms with Gasteiger partial charge in [0.05, 0.1) is 5.69 Å². The van der Waals surface area contributed by atoms with E-state index < -0.39 is 27.6 Å². The molecule has 2 saturated heterocycles. The summed E-state index contributed by atoms with van der Waals surface area (Å²) >= 11 is 0. The Hall–Kier alpha value is -2.92. The van der Waals surface area contributed by atoms with Crippen LogP contribution in [-0.2, 0) is 50.9 Å². The highest BCUT2D eigenvalue weighted by Crippen LogP contribution is 2.76. The predicted octanol–water partition coefficient (Wildman–Crippen LogP) is 4.26. The molecule has 6 aliphatic heterocycles. The Kier molecular flexibility index (Phi) is 4.14. The van der Waals surface area contributed by atoms with Gasteiger partial charge in [0, 0.05) is 19.6 Å². The summed E-state index contributed by atoms with van der Waals surface area (Å²) in [7, 11) is -8.65. The minimum Gasteiger partial charge on any atom is -0.391 e. The molecule has 1 aromatic carbocycles. The minimum atomic E-state index is -4.66. The van der Waals surface area contributed by atoms with Crippen molar-refractivity contribution in [3.63, 3.8) is 0 Å².